The summed E-state index contributed by atoms with van der Waals surface area (Å²) in [6.45, 7) is 6.74. The van der Waals surface area contributed by atoms with Gasteiger partial charge in [0.15, 0.2) is 11.5 Å². The lowest BCUT2D eigenvalue weighted by molar-refractivity contribution is -0.125. The highest BCUT2D eigenvalue weighted by Gasteiger charge is 2.21. The van der Waals surface area contributed by atoms with Crippen molar-refractivity contribution < 1.29 is 19.1 Å². The Hall–Kier alpha value is -2.28. The zero-order valence-electron chi connectivity index (χ0n) is 14.6. The number of carbonyl (C=O) groups is 2. The molecule has 2 amide bonds. The van der Waals surface area contributed by atoms with Gasteiger partial charge in [0.1, 0.15) is 13.2 Å². The van der Waals surface area contributed by atoms with Crippen LogP contribution in [0.5, 0.6) is 11.5 Å². The minimum absolute atomic E-state index is 0.0766. The highest BCUT2D eigenvalue weighted by atomic mass is 16.6. The number of hydrogen-bond acceptors (Lipinski definition) is 5. The van der Waals surface area contributed by atoms with Crippen LogP contribution in [0.25, 0.3) is 0 Å². The van der Waals surface area contributed by atoms with Crippen molar-refractivity contribution >= 4 is 17.5 Å². The number of fused-ring (bicyclic) bond motifs is 1. The molecule has 1 atom stereocenters. The number of amides is 2. The molecule has 2 N–H and O–H groups in total. The van der Waals surface area contributed by atoms with Crippen LogP contribution in [-0.4, -0.2) is 55.6 Å². The summed E-state index contributed by atoms with van der Waals surface area (Å²) < 4.78 is 11.0. The van der Waals surface area contributed by atoms with Gasteiger partial charge in [-0.25, -0.2) is 0 Å². The molecule has 0 saturated heterocycles. The molecule has 7 heteroatoms. The number of hydrogen-bond donors (Lipinski definition) is 2. The maximum Gasteiger partial charge on any atom is 0.241 e. The lowest BCUT2D eigenvalue weighted by atomic mass is 10.2. The van der Waals surface area contributed by atoms with E-state index in [0.717, 1.165) is 0 Å². The van der Waals surface area contributed by atoms with Crippen LogP contribution in [0.4, 0.5) is 5.69 Å². The normalized spacial score (nSPS) is 14.4. The number of benzene rings is 1. The third-order valence-electron chi connectivity index (χ3n) is 3.69. The van der Waals surface area contributed by atoms with Crippen molar-refractivity contribution in [1.82, 2.24) is 10.2 Å². The average Bonchev–Trinajstić information content (AvgIpc) is 2.53. The highest BCUT2D eigenvalue weighted by Crippen LogP contribution is 2.32. The van der Waals surface area contributed by atoms with E-state index in [1.807, 2.05) is 13.8 Å². The molecule has 1 aliphatic heterocycles. The minimum Gasteiger partial charge on any atom is -0.486 e. The van der Waals surface area contributed by atoms with Crippen LogP contribution < -0.4 is 20.1 Å². The van der Waals surface area contributed by atoms with E-state index in [1.165, 1.54) is 0 Å². The standard InChI is InChI=1S/C17H25N3O4/c1-11(2)18-16(21)10-20(4)12(3)17(22)19-13-5-6-14-15(9-13)24-8-7-23-14/h5-6,9,11-12H,7-8,10H2,1-4H3,(H,18,21)(H,19,22)/t12-/m0/s1. The summed E-state index contributed by atoms with van der Waals surface area (Å²) in [6.07, 6.45) is 0. The van der Waals surface area contributed by atoms with Gasteiger partial charge in [0.05, 0.1) is 12.6 Å². The molecule has 7 nitrogen and oxygen atoms in total. The van der Waals surface area contributed by atoms with Crippen LogP contribution in [-0.2, 0) is 9.59 Å². The summed E-state index contributed by atoms with van der Waals surface area (Å²) in [4.78, 5) is 25.9. The van der Waals surface area contributed by atoms with Crippen molar-refractivity contribution in [2.45, 2.75) is 32.9 Å². The molecule has 132 valence electrons. The summed E-state index contributed by atoms with van der Waals surface area (Å²) in [5.74, 6) is 1.00. The zero-order valence-corrected chi connectivity index (χ0v) is 14.6. The van der Waals surface area contributed by atoms with Gasteiger partial charge in [-0.15, -0.1) is 0 Å². The molecule has 2 rings (SSSR count). The first-order chi connectivity index (χ1) is 11.4. The second-order valence-electron chi connectivity index (χ2n) is 6.16. The van der Waals surface area contributed by atoms with Gasteiger partial charge in [0.25, 0.3) is 0 Å². The van der Waals surface area contributed by atoms with Crippen molar-refractivity contribution in [3.8, 4) is 11.5 Å². The van der Waals surface area contributed by atoms with Crippen LogP contribution in [0.15, 0.2) is 18.2 Å². The smallest absolute Gasteiger partial charge is 0.241 e. The van der Waals surface area contributed by atoms with Gasteiger partial charge in [-0.1, -0.05) is 0 Å². The van der Waals surface area contributed by atoms with E-state index in [4.69, 9.17) is 9.47 Å². The molecule has 0 aromatic heterocycles. The predicted octanol–water partition coefficient (Wildman–Crippen LogP) is 1.24. The van der Waals surface area contributed by atoms with Gasteiger partial charge < -0.3 is 20.1 Å². The van der Waals surface area contributed by atoms with E-state index >= 15 is 0 Å². The third kappa shape index (κ3) is 4.86. The maximum atomic E-state index is 12.4. The van der Waals surface area contributed by atoms with Crippen LogP contribution in [0.2, 0.25) is 0 Å². The number of carbonyl (C=O) groups excluding carboxylic acids is 2. The predicted molar refractivity (Wildman–Crippen MR) is 91.4 cm³/mol. The molecule has 1 heterocycles. The summed E-state index contributed by atoms with van der Waals surface area (Å²) >= 11 is 0. The number of anilines is 1. The molecule has 0 unspecified atom stereocenters. The number of likely N-dealkylation sites (N-methyl/N-ethyl adjacent to an activating group) is 1. The molecule has 1 aliphatic rings. The average molecular weight is 335 g/mol. The molecule has 1 aromatic carbocycles. The topological polar surface area (TPSA) is 79.9 Å². The highest BCUT2D eigenvalue weighted by molar-refractivity contribution is 5.95. The Kier molecular flexibility index (Phi) is 6.03. The molecule has 0 aliphatic carbocycles. The first kappa shape index (κ1) is 18.1. The second kappa shape index (κ2) is 8.01. The molecule has 0 saturated carbocycles. The van der Waals surface area contributed by atoms with E-state index in [1.54, 1.807) is 37.1 Å². The fourth-order valence-corrected chi connectivity index (χ4v) is 2.30. The van der Waals surface area contributed by atoms with Crippen molar-refractivity contribution in [3.05, 3.63) is 18.2 Å². The fourth-order valence-electron chi connectivity index (χ4n) is 2.30. The second-order valence-corrected chi connectivity index (χ2v) is 6.16. The quantitative estimate of drug-likeness (QED) is 0.818. The minimum atomic E-state index is -0.448. The Morgan fingerprint density at radius 2 is 1.83 bits per heavy atom. The Balaban J connectivity index is 1.92. The number of ether oxygens (including phenoxy) is 2. The van der Waals surface area contributed by atoms with E-state index in [9.17, 15) is 9.59 Å². The van der Waals surface area contributed by atoms with Gasteiger partial charge in [-0.05, 0) is 40.0 Å². The lowest BCUT2D eigenvalue weighted by Crippen LogP contribution is -2.45. The first-order valence-corrected chi connectivity index (χ1v) is 8.07. The van der Waals surface area contributed by atoms with Crippen molar-refractivity contribution in [3.63, 3.8) is 0 Å². The van der Waals surface area contributed by atoms with Crippen LogP contribution in [0.1, 0.15) is 20.8 Å². The van der Waals surface area contributed by atoms with Crippen molar-refractivity contribution in [2.75, 3.05) is 32.1 Å². The molecular weight excluding hydrogens is 310 g/mol. The van der Waals surface area contributed by atoms with E-state index in [-0.39, 0.29) is 24.4 Å². The summed E-state index contributed by atoms with van der Waals surface area (Å²) in [7, 11) is 1.74. The molecule has 0 fully saturated rings. The maximum absolute atomic E-state index is 12.4. The molecule has 1 aromatic rings. The van der Waals surface area contributed by atoms with Gasteiger partial charge in [0.2, 0.25) is 11.8 Å². The number of rotatable bonds is 6. The third-order valence-corrected chi connectivity index (χ3v) is 3.69. The fraction of sp³-hybridized carbons (Fsp3) is 0.529. The molecule has 0 spiro atoms. The largest absolute Gasteiger partial charge is 0.486 e. The monoisotopic (exact) mass is 335 g/mol. The van der Waals surface area contributed by atoms with Gasteiger partial charge >= 0.3 is 0 Å². The van der Waals surface area contributed by atoms with Crippen molar-refractivity contribution in [2.24, 2.45) is 0 Å². The summed E-state index contributed by atoms with van der Waals surface area (Å²) in [5.41, 5.74) is 0.635. The molecule has 24 heavy (non-hydrogen) atoms. The first-order valence-electron chi connectivity index (χ1n) is 8.07. The zero-order chi connectivity index (χ0) is 17.7. The molecular formula is C17H25N3O4. The summed E-state index contributed by atoms with van der Waals surface area (Å²) in [6, 6.07) is 4.91. The Bertz CT molecular complexity index is 603. The number of nitrogens with zero attached hydrogens (tertiary/aromatic N) is 1. The Labute approximate surface area is 142 Å². The van der Waals surface area contributed by atoms with Gasteiger partial charge in [-0.2, -0.15) is 0 Å². The van der Waals surface area contributed by atoms with Gasteiger partial charge in [-0.3, -0.25) is 14.5 Å². The van der Waals surface area contributed by atoms with Crippen molar-refractivity contribution in [1.29, 1.82) is 0 Å². The summed E-state index contributed by atoms with van der Waals surface area (Å²) in [5, 5.41) is 5.65. The van der Waals surface area contributed by atoms with Gasteiger partial charge in [0, 0.05) is 17.8 Å². The molecule has 0 radical (unpaired) electrons. The number of nitrogens with one attached hydrogen (secondary N) is 2. The van der Waals surface area contributed by atoms with E-state index in [0.29, 0.717) is 30.4 Å². The SMILES string of the molecule is CC(C)NC(=O)CN(C)[C@@H](C)C(=O)Nc1ccc2c(c1)OCCO2. The van der Waals surface area contributed by atoms with Crippen LogP contribution in [0, 0.1) is 0 Å². The Morgan fingerprint density at radius 3 is 2.50 bits per heavy atom. The Morgan fingerprint density at radius 1 is 1.17 bits per heavy atom. The lowest BCUT2D eigenvalue weighted by Gasteiger charge is -2.24. The van der Waals surface area contributed by atoms with E-state index < -0.39 is 6.04 Å². The van der Waals surface area contributed by atoms with Crippen LogP contribution >= 0.6 is 0 Å². The van der Waals surface area contributed by atoms with E-state index in [2.05, 4.69) is 10.6 Å². The molecule has 0 bridgehead atoms. The van der Waals surface area contributed by atoms with Crippen LogP contribution in [0.3, 0.4) is 0 Å².